The molecule has 0 saturated carbocycles. The van der Waals surface area contributed by atoms with Crippen LogP contribution in [0.5, 0.6) is 11.5 Å². The van der Waals surface area contributed by atoms with Gasteiger partial charge in [0.25, 0.3) is 11.8 Å². The van der Waals surface area contributed by atoms with Gasteiger partial charge in [-0.05, 0) is 46.5 Å². The number of aliphatic hydroxyl groups is 2. The minimum Gasteiger partial charge on any atom is -0.507 e. The number of para-hydroxylation sites is 2. The lowest BCUT2D eigenvalue weighted by Crippen LogP contribution is -2.22. The topological polar surface area (TPSA) is 111 Å². The molecule has 0 heterocycles. The van der Waals surface area contributed by atoms with Crippen LogP contribution in [0.15, 0.2) is 97.1 Å². The molecule has 0 saturated heterocycles. The number of hydrogen-bond acceptors (Lipinski definition) is 6. The number of phenolic OH excluding ortho intramolecular Hbond substituents is 1. The van der Waals surface area contributed by atoms with Gasteiger partial charge in [0.15, 0.2) is 0 Å². The van der Waals surface area contributed by atoms with Crippen molar-refractivity contribution >= 4 is 23.4 Å². The number of halogens is 1. The number of aliphatic hydroxyl groups excluding tert-OH is 2. The first-order valence-corrected chi connectivity index (χ1v) is 14.0. The summed E-state index contributed by atoms with van der Waals surface area (Å²) in [4.78, 5) is 26.4. The highest BCUT2D eigenvalue weighted by atomic mass is 35.5. The van der Waals surface area contributed by atoms with Crippen molar-refractivity contribution in [1.29, 1.82) is 0 Å². The number of nitrogens with zero attached hydrogens (tertiary/aromatic N) is 2. The summed E-state index contributed by atoms with van der Waals surface area (Å²) in [5, 5.41) is 27.0. The monoisotopic (exact) mass is 606 g/mol. The second-order valence-electron chi connectivity index (χ2n) is 9.78. The highest BCUT2D eigenvalue weighted by Gasteiger charge is 2.14. The molecule has 0 fully saturated rings. The van der Waals surface area contributed by atoms with Crippen LogP contribution in [-0.2, 0) is 25.7 Å². The number of rotatable bonds is 8. The Hall–Kier alpha value is -4.37. The van der Waals surface area contributed by atoms with Crippen molar-refractivity contribution < 1.29 is 29.6 Å². The summed E-state index contributed by atoms with van der Waals surface area (Å²) in [7, 11) is 6.73. The largest absolute Gasteiger partial charge is 0.507 e. The van der Waals surface area contributed by atoms with Crippen LogP contribution < -0.4 is 4.74 Å². The van der Waals surface area contributed by atoms with Gasteiger partial charge in [0.2, 0.25) is 0 Å². The molecule has 4 rings (SSSR count). The molecule has 3 N–H and O–H groups in total. The average molecular weight is 607 g/mol. The Labute approximate surface area is 258 Å². The molecule has 43 heavy (non-hydrogen) atoms. The Morgan fingerprint density at radius 2 is 1.05 bits per heavy atom. The molecule has 0 aromatic heterocycles. The number of carbonyl (C=O) groups excluding carboxylic acids is 2. The third-order valence-electron chi connectivity index (χ3n) is 6.02. The lowest BCUT2D eigenvalue weighted by molar-refractivity contribution is 0.0816. The van der Waals surface area contributed by atoms with E-state index in [1.54, 1.807) is 58.5 Å². The molecule has 8 nitrogen and oxygen atoms in total. The second kappa shape index (κ2) is 18.2. The number of alkyl halides is 1. The van der Waals surface area contributed by atoms with Crippen LogP contribution in [0.3, 0.4) is 0 Å². The van der Waals surface area contributed by atoms with Gasteiger partial charge in [0.1, 0.15) is 18.1 Å². The third-order valence-corrected chi connectivity index (χ3v) is 6.33. The van der Waals surface area contributed by atoms with Crippen LogP contribution in [0, 0.1) is 0 Å². The summed E-state index contributed by atoms with van der Waals surface area (Å²) < 4.78 is 5.76. The summed E-state index contributed by atoms with van der Waals surface area (Å²) in [6, 6.07) is 28.8. The molecule has 4 aromatic rings. The highest BCUT2D eigenvalue weighted by molar-refractivity contribution is 6.17. The molecule has 4 aromatic carbocycles. The zero-order valence-electron chi connectivity index (χ0n) is 24.9. The highest BCUT2D eigenvalue weighted by Crippen LogP contribution is 2.21. The molecule has 0 spiro atoms. The van der Waals surface area contributed by atoms with E-state index >= 15 is 0 Å². The van der Waals surface area contributed by atoms with Gasteiger partial charge >= 0.3 is 0 Å². The molecule has 0 aliphatic rings. The van der Waals surface area contributed by atoms with Crippen LogP contribution in [0.4, 0.5) is 0 Å². The molecule has 0 aliphatic heterocycles. The lowest BCUT2D eigenvalue weighted by Gasteiger charge is -2.14. The number of phenols is 1. The van der Waals surface area contributed by atoms with E-state index in [-0.39, 0.29) is 30.8 Å². The molecule has 228 valence electrons. The van der Waals surface area contributed by atoms with Gasteiger partial charge in [-0.25, -0.2) is 0 Å². The predicted molar refractivity (Wildman–Crippen MR) is 169 cm³/mol. The number of benzene rings is 4. The van der Waals surface area contributed by atoms with E-state index < -0.39 is 0 Å². The molecule has 0 bridgehead atoms. The van der Waals surface area contributed by atoms with Gasteiger partial charge in [-0.15, -0.1) is 11.6 Å². The quantitative estimate of drug-likeness (QED) is 0.229. The molecule has 2 amide bonds. The Morgan fingerprint density at radius 1 is 0.628 bits per heavy atom. The fourth-order valence-corrected chi connectivity index (χ4v) is 3.72. The minimum atomic E-state index is -0.187. The lowest BCUT2D eigenvalue weighted by atomic mass is 10.1. The first-order valence-electron chi connectivity index (χ1n) is 13.5. The zero-order chi connectivity index (χ0) is 31.8. The number of aromatic hydroxyl groups is 1. The zero-order valence-corrected chi connectivity index (χ0v) is 25.7. The van der Waals surface area contributed by atoms with Crippen LogP contribution in [-0.4, -0.2) is 65.1 Å². The van der Waals surface area contributed by atoms with Gasteiger partial charge in [-0.3, -0.25) is 9.59 Å². The maximum atomic E-state index is 12.1. The van der Waals surface area contributed by atoms with Crippen molar-refractivity contribution in [2.45, 2.75) is 25.7 Å². The number of amides is 2. The number of ether oxygens (including phenoxy) is 1. The van der Waals surface area contributed by atoms with Crippen molar-refractivity contribution in [3.8, 4) is 11.5 Å². The van der Waals surface area contributed by atoms with Crippen molar-refractivity contribution in [2.75, 3.05) is 28.2 Å². The summed E-state index contributed by atoms with van der Waals surface area (Å²) in [5.74, 6) is 0.860. The van der Waals surface area contributed by atoms with E-state index in [1.807, 2.05) is 60.7 Å². The van der Waals surface area contributed by atoms with Crippen molar-refractivity contribution in [3.05, 3.63) is 130 Å². The Bertz CT molecular complexity index is 1400. The first-order chi connectivity index (χ1) is 20.6. The maximum Gasteiger partial charge on any atom is 0.257 e. The summed E-state index contributed by atoms with van der Waals surface area (Å²) >= 11 is 5.56. The average Bonchev–Trinajstić information content (AvgIpc) is 3.04. The summed E-state index contributed by atoms with van der Waals surface area (Å²) in [6.07, 6.45) is 0. The van der Waals surface area contributed by atoms with E-state index in [4.69, 9.17) is 26.6 Å². The Morgan fingerprint density at radius 3 is 1.51 bits per heavy atom. The van der Waals surface area contributed by atoms with Gasteiger partial charge in [0.05, 0.1) is 24.3 Å². The number of carbonyl (C=O) groups is 2. The minimum absolute atomic E-state index is 0.0243. The number of hydrogen-bond donors (Lipinski definition) is 3. The van der Waals surface area contributed by atoms with Crippen LogP contribution >= 0.6 is 11.6 Å². The van der Waals surface area contributed by atoms with E-state index in [0.717, 1.165) is 22.3 Å². The molecule has 0 unspecified atom stereocenters. The van der Waals surface area contributed by atoms with Gasteiger partial charge in [0, 0.05) is 34.1 Å². The van der Waals surface area contributed by atoms with Crippen LogP contribution in [0.1, 0.15) is 43.0 Å². The molecule has 0 atom stereocenters. The van der Waals surface area contributed by atoms with Gasteiger partial charge in [-0.1, -0.05) is 72.8 Å². The first kappa shape index (κ1) is 34.8. The fraction of sp³-hybridized carbons (Fsp3) is 0.235. The van der Waals surface area contributed by atoms with E-state index in [2.05, 4.69) is 0 Å². The fourth-order valence-electron chi connectivity index (χ4n) is 3.54. The Balaban J connectivity index is 0.000000248. The maximum absolute atomic E-state index is 12.1. The van der Waals surface area contributed by atoms with E-state index in [0.29, 0.717) is 29.4 Å². The third kappa shape index (κ3) is 11.4. The molecular formula is C34H39ClN2O6. The van der Waals surface area contributed by atoms with Crippen molar-refractivity contribution in [2.24, 2.45) is 0 Å². The Kier molecular flexibility index (Phi) is 14.8. The normalized spacial score (nSPS) is 9.93. The van der Waals surface area contributed by atoms with E-state index in [1.165, 1.54) is 15.9 Å². The van der Waals surface area contributed by atoms with Crippen LogP contribution in [0.25, 0.3) is 0 Å². The van der Waals surface area contributed by atoms with Gasteiger partial charge < -0.3 is 29.9 Å². The van der Waals surface area contributed by atoms with Crippen LogP contribution in [0.2, 0.25) is 0 Å². The molecule has 0 aliphatic carbocycles. The molecular weight excluding hydrogens is 568 g/mol. The SMILES string of the molecule is CN(C)C(=O)c1ccccc1O.CN(C)C(=O)c1ccccc1OCc1ccc(CO)cc1.OCc1ccc(CCl)cc1. The smallest absolute Gasteiger partial charge is 0.257 e. The van der Waals surface area contributed by atoms with Crippen molar-refractivity contribution in [3.63, 3.8) is 0 Å². The second-order valence-corrected chi connectivity index (χ2v) is 10.1. The summed E-state index contributed by atoms with van der Waals surface area (Å²) in [5.41, 5.74) is 4.74. The van der Waals surface area contributed by atoms with E-state index in [9.17, 15) is 14.7 Å². The molecule has 0 radical (unpaired) electrons. The predicted octanol–water partition coefficient (Wildman–Crippen LogP) is 5.47. The summed E-state index contributed by atoms with van der Waals surface area (Å²) in [6.45, 7) is 0.507. The standard InChI is InChI=1S/C17H19NO3.C9H11NO2.C8H9ClO/c1-18(2)17(20)15-5-3-4-6-16(15)21-12-14-9-7-13(11-19)8-10-14;1-10(2)9(12)7-5-3-4-6-8(7)11;9-5-7-1-3-8(6-10)4-2-7/h3-10,19H,11-12H2,1-2H3;3-6,11H,1-2H3;1-4,10H,5-6H2. The van der Waals surface area contributed by atoms with Gasteiger partial charge in [-0.2, -0.15) is 0 Å². The van der Waals surface area contributed by atoms with Crippen molar-refractivity contribution in [1.82, 2.24) is 9.80 Å². The molecule has 9 heteroatoms.